The molecule has 1 unspecified atom stereocenters. The zero-order valence-electron chi connectivity index (χ0n) is 11.8. The van der Waals surface area contributed by atoms with Gasteiger partial charge in [0.25, 0.3) is 5.69 Å². The maximum atomic E-state index is 11.0. The highest BCUT2D eigenvalue weighted by molar-refractivity contribution is 6.17. The number of benzene rings is 1. The summed E-state index contributed by atoms with van der Waals surface area (Å²) in [6.07, 6.45) is 6.01. The molecular formula is C15H21ClN2O2. The summed E-state index contributed by atoms with van der Waals surface area (Å²) >= 11 is 5.86. The molecule has 1 aliphatic rings. The van der Waals surface area contributed by atoms with Gasteiger partial charge in [0, 0.05) is 29.9 Å². The Balaban J connectivity index is 2.28. The van der Waals surface area contributed by atoms with Gasteiger partial charge in [0.1, 0.15) is 0 Å². The number of rotatable bonds is 5. The van der Waals surface area contributed by atoms with E-state index in [1.54, 1.807) is 6.07 Å². The van der Waals surface area contributed by atoms with Crippen molar-refractivity contribution in [2.45, 2.75) is 50.9 Å². The second-order valence-electron chi connectivity index (χ2n) is 5.34. The maximum Gasteiger partial charge on any atom is 0.273 e. The van der Waals surface area contributed by atoms with E-state index in [2.05, 4.69) is 11.8 Å². The number of nitro benzene ring substituents is 1. The molecule has 0 N–H and O–H groups in total. The van der Waals surface area contributed by atoms with Crippen molar-refractivity contribution in [3.05, 3.63) is 33.9 Å². The van der Waals surface area contributed by atoms with E-state index in [1.165, 1.54) is 25.7 Å². The van der Waals surface area contributed by atoms with Gasteiger partial charge in [-0.3, -0.25) is 10.1 Å². The van der Waals surface area contributed by atoms with Crippen LogP contribution in [-0.2, 0) is 5.88 Å². The molecule has 110 valence electrons. The minimum atomic E-state index is -0.360. The van der Waals surface area contributed by atoms with E-state index in [0.717, 1.165) is 18.7 Å². The van der Waals surface area contributed by atoms with Gasteiger partial charge in [-0.25, -0.2) is 0 Å². The van der Waals surface area contributed by atoms with E-state index in [1.807, 2.05) is 12.1 Å². The summed E-state index contributed by atoms with van der Waals surface area (Å²) < 4.78 is 0. The van der Waals surface area contributed by atoms with Crippen LogP contribution in [0, 0.1) is 10.1 Å². The Kier molecular flexibility index (Phi) is 5.24. The molecule has 1 fully saturated rings. The molecule has 0 aromatic heterocycles. The van der Waals surface area contributed by atoms with Crippen molar-refractivity contribution < 1.29 is 4.92 Å². The van der Waals surface area contributed by atoms with Crippen LogP contribution in [0.1, 0.15) is 44.6 Å². The molecule has 1 aromatic rings. The van der Waals surface area contributed by atoms with Gasteiger partial charge in [-0.2, -0.15) is 0 Å². The van der Waals surface area contributed by atoms with Crippen molar-refractivity contribution >= 4 is 23.0 Å². The summed E-state index contributed by atoms with van der Waals surface area (Å²) in [7, 11) is 0. The SMILES string of the molecule is CCCC1CCCCN1c1ccc([N+](=O)[O-])c(CCl)c1. The van der Waals surface area contributed by atoms with Crippen LogP contribution in [0.5, 0.6) is 0 Å². The number of alkyl halides is 1. The van der Waals surface area contributed by atoms with Gasteiger partial charge in [-0.1, -0.05) is 13.3 Å². The molecule has 5 heteroatoms. The Bertz CT molecular complexity index is 477. The van der Waals surface area contributed by atoms with Gasteiger partial charge in [-0.05, 0) is 37.8 Å². The van der Waals surface area contributed by atoms with Gasteiger partial charge in [0.2, 0.25) is 0 Å². The molecule has 1 heterocycles. The average Bonchev–Trinajstić information content (AvgIpc) is 2.47. The molecule has 0 radical (unpaired) electrons. The van der Waals surface area contributed by atoms with Crippen molar-refractivity contribution in [1.29, 1.82) is 0 Å². The van der Waals surface area contributed by atoms with Crippen LogP contribution in [-0.4, -0.2) is 17.5 Å². The van der Waals surface area contributed by atoms with Gasteiger partial charge < -0.3 is 4.90 Å². The van der Waals surface area contributed by atoms with Crippen molar-refractivity contribution in [3.63, 3.8) is 0 Å². The fourth-order valence-corrected chi connectivity index (χ4v) is 3.22. The van der Waals surface area contributed by atoms with Crippen LogP contribution in [0.3, 0.4) is 0 Å². The lowest BCUT2D eigenvalue weighted by atomic mass is 9.97. The Labute approximate surface area is 124 Å². The van der Waals surface area contributed by atoms with Crippen molar-refractivity contribution in [2.24, 2.45) is 0 Å². The third-order valence-electron chi connectivity index (χ3n) is 3.98. The van der Waals surface area contributed by atoms with Gasteiger partial charge in [0.05, 0.1) is 10.8 Å². The molecule has 4 nitrogen and oxygen atoms in total. The fraction of sp³-hybridized carbons (Fsp3) is 0.600. The van der Waals surface area contributed by atoms with Gasteiger partial charge >= 0.3 is 0 Å². The standard InChI is InChI=1S/C15H21ClN2O2/c1-2-5-13-6-3-4-9-17(13)14-7-8-15(18(19)20)12(10-14)11-16/h7-8,10,13H,2-6,9,11H2,1H3. The first-order valence-electron chi connectivity index (χ1n) is 7.27. The molecular weight excluding hydrogens is 276 g/mol. The summed E-state index contributed by atoms with van der Waals surface area (Å²) in [5.74, 6) is 0.177. The van der Waals surface area contributed by atoms with E-state index in [0.29, 0.717) is 11.6 Å². The molecule has 0 spiro atoms. The van der Waals surface area contributed by atoms with E-state index in [9.17, 15) is 10.1 Å². The molecule has 2 rings (SSSR count). The lowest BCUT2D eigenvalue weighted by molar-refractivity contribution is -0.385. The van der Waals surface area contributed by atoms with Crippen molar-refractivity contribution in [2.75, 3.05) is 11.4 Å². The van der Waals surface area contributed by atoms with Crippen LogP contribution in [0.15, 0.2) is 18.2 Å². The number of nitrogens with zero attached hydrogens (tertiary/aromatic N) is 2. The number of anilines is 1. The monoisotopic (exact) mass is 296 g/mol. The molecule has 0 aliphatic carbocycles. The predicted octanol–water partition coefficient (Wildman–Crippen LogP) is 4.49. The highest BCUT2D eigenvalue weighted by atomic mass is 35.5. The summed E-state index contributed by atoms with van der Waals surface area (Å²) in [6, 6.07) is 5.89. The van der Waals surface area contributed by atoms with Gasteiger partial charge in [0.15, 0.2) is 0 Å². The van der Waals surface area contributed by atoms with Crippen molar-refractivity contribution in [1.82, 2.24) is 0 Å². The third-order valence-corrected chi connectivity index (χ3v) is 4.27. The molecule has 1 atom stereocenters. The van der Waals surface area contributed by atoms with Crippen LogP contribution >= 0.6 is 11.6 Å². The summed E-state index contributed by atoms with van der Waals surface area (Å²) in [6.45, 7) is 3.23. The number of hydrogen-bond donors (Lipinski definition) is 0. The second-order valence-corrected chi connectivity index (χ2v) is 5.60. The molecule has 20 heavy (non-hydrogen) atoms. The largest absolute Gasteiger partial charge is 0.369 e. The number of piperidine rings is 1. The summed E-state index contributed by atoms with van der Waals surface area (Å²) in [5, 5.41) is 11.0. The van der Waals surface area contributed by atoms with Crippen LogP contribution < -0.4 is 4.90 Å². The molecule has 0 bridgehead atoms. The van der Waals surface area contributed by atoms with E-state index < -0.39 is 0 Å². The minimum Gasteiger partial charge on any atom is -0.369 e. The Morgan fingerprint density at radius 3 is 2.90 bits per heavy atom. The zero-order chi connectivity index (χ0) is 14.5. The van der Waals surface area contributed by atoms with Crippen LogP contribution in [0.2, 0.25) is 0 Å². The Hall–Kier alpha value is -1.29. The lowest BCUT2D eigenvalue weighted by Gasteiger charge is -2.37. The highest BCUT2D eigenvalue weighted by Crippen LogP contribution is 2.31. The predicted molar refractivity (Wildman–Crippen MR) is 82.5 cm³/mol. The average molecular weight is 297 g/mol. The van der Waals surface area contributed by atoms with E-state index in [-0.39, 0.29) is 16.5 Å². The Morgan fingerprint density at radius 1 is 1.45 bits per heavy atom. The van der Waals surface area contributed by atoms with Gasteiger partial charge in [-0.15, -0.1) is 11.6 Å². The topological polar surface area (TPSA) is 46.4 Å². The first-order valence-corrected chi connectivity index (χ1v) is 7.80. The minimum absolute atomic E-state index is 0.118. The lowest BCUT2D eigenvalue weighted by Crippen LogP contribution is -2.39. The van der Waals surface area contributed by atoms with Crippen molar-refractivity contribution in [3.8, 4) is 0 Å². The molecule has 1 saturated heterocycles. The highest BCUT2D eigenvalue weighted by Gasteiger charge is 2.23. The molecule has 0 amide bonds. The summed E-state index contributed by atoms with van der Waals surface area (Å²) in [5.41, 5.74) is 1.80. The number of nitro groups is 1. The van der Waals surface area contributed by atoms with Crippen LogP contribution in [0.4, 0.5) is 11.4 Å². The summed E-state index contributed by atoms with van der Waals surface area (Å²) in [4.78, 5) is 13.0. The van der Waals surface area contributed by atoms with E-state index in [4.69, 9.17) is 11.6 Å². The molecule has 1 aliphatic heterocycles. The first-order chi connectivity index (χ1) is 9.67. The van der Waals surface area contributed by atoms with E-state index >= 15 is 0 Å². The molecule has 1 aromatic carbocycles. The van der Waals surface area contributed by atoms with Crippen LogP contribution in [0.25, 0.3) is 0 Å². The first kappa shape index (κ1) is 15.1. The third kappa shape index (κ3) is 3.23. The molecule has 0 saturated carbocycles. The number of hydrogen-bond acceptors (Lipinski definition) is 3. The fourth-order valence-electron chi connectivity index (χ4n) is 3.01. The smallest absolute Gasteiger partial charge is 0.273 e. The quantitative estimate of drug-likeness (QED) is 0.457. The number of halogens is 1. The normalized spacial score (nSPS) is 19.1. The Morgan fingerprint density at radius 2 is 2.25 bits per heavy atom. The second kappa shape index (κ2) is 6.93. The maximum absolute atomic E-state index is 11.0. The zero-order valence-corrected chi connectivity index (χ0v) is 12.6.